The summed E-state index contributed by atoms with van der Waals surface area (Å²) >= 11 is 0. The lowest BCUT2D eigenvalue weighted by Crippen LogP contribution is -2.71. The van der Waals surface area contributed by atoms with Crippen LogP contribution in [0.1, 0.15) is 25.7 Å². The molecule has 10 unspecified atom stereocenters. The molecule has 0 aromatic carbocycles. The Balaban J connectivity index is 0.768. The molecule has 4 heterocycles. The van der Waals surface area contributed by atoms with Crippen LogP contribution in [0.5, 0.6) is 0 Å². The fraction of sp³-hybridized carbons (Fsp3) is 0.630. The van der Waals surface area contributed by atoms with Crippen LogP contribution < -0.4 is 0 Å². The average Bonchev–Trinajstić information content (AvgIpc) is 4.11. The Hall–Kier alpha value is -3.88. The zero-order chi connectivity index (χ0) is 40.3. The van der Waals surface area contributed by atoms with Crippen molar-refractivity contribution in [2.75, 3.05) is 26.4 Å². The molecule has 4 aliphatic heterocycles. The SMILES string of the molecule is O=C1OC(=O)[C@@]23CC4=C(C[C@@]12[C@@H]1C=C[C@H]3C2C1[C@@H]1C=C[C@H]2C2COCC21)[C@@H]1C=C[C@H]4C2C1[C@@H]1C=C[C@H]2C2=C1C[C@]13C(=O)OC(=O)[C@@]1(C2)[C@@H]1C=C[C@H]3C2C1[C@@H]1C=C[C@H]2C2COCC21. The molecule has 62 heavy (non-hydrogen) atoms. The molecule has 314 valence electrons. The van der Waals surface area contributed by atoms with Crippen LogP contribution >= 0.6 is 0 Å². The lowest BCUT2D eigenvalue weighted by Gasteiger charge is -2.71. The molecular formula is C54H50O8. The number of cyclic esters (lactones) is 4. The van der Waals surface area contributed by atoms with Crippen LogP contribution in [-0.4, -0.2) is 50.3 Å². The first-order chi connectivity index (χ1) is 30.3. The van der Waals surface area contributed by atoms with E-state index >= 15 is 0 Å². The highest BCUT2D eigenvalue weighted by atomic mass is 16.6. The quantitative estimate of drug-likeness (QED) is 0.157. The first-order valence-electron chi connectivity index (χ1n) is 24.6. The van der Waals surface area contributed by atoms with E-state index in [1.54, 1.807) is 0 Å². The van der Waals surface area contributed by atoms with Gasteiger partial charge in [0, 0.05) is 23.7 Å². The number of allylic oxidation sites excluding steroid dienone is 16. The van der Waals surface area contributed by atoms with E-state index in [4.69, 9.17) is 18.9 Å². The van der Waals surface area contributed by atoms with E-state index in [0.717, 1.165) is 26.4 Å². The van der Waals surface area contributed by atoms with Gasteiger partial charge in [-0.1, -0.05) is 95.2 Å². The Morgan fingerprint density at radius 2 is 0.597 bits per heavy atom. The Morgan fingerprint density at radius 3 is 0.855 bits per heavy atom. The van der Waals surface area contributed by atoms with Crippen molar-refractivity contribution in [1.82, 2.24) is 0 Å². The van der Waals surface area contributed by atoms with Crippen molar-refractivity contribution in [2.24, 2.45) is 152 Å². The Kier molecular flexibility index (Phi) is 5.42. The van der Waals surface area contributed by atoms with E-state index in [9.17, 15) is 19.2 Å². The van der Waals surface area contributed by atoms with Crippen molar-refractivity contribution in [3.05, 3.63) is 95.2 Å². The summed E-state index contributed by atoms with van der Waals surface area (Å²) in [6, 6.07) is 0. The molecule has 12 bridgehead atoms. The van der Waals surface area contributed by atoms with Crippen molar-refractivity contribution < 1.29 is 38.1 Å². The zero-order valence-corrected chi connectivity index (χ0v) is 34.6. The van der Waals surface area contributed by atoms with E-state index in [-0.39, 0.29) is 71.2 Å². The molecule has 24 rings (SSSR count). The van der Waals surface area contributed by atoms with E-state index in [1.807, 2.05) is 0 Å². The van der Waals surface area contributed by atoms with Gasteiger partial charge in [-0.15, -0.1) is 0 Å². The molecule has 0 amide bonds. The molecule has 4 saturated heterocycles. The molecule has 8 fully saturated rings. The molecule has 0 radical (unpaired) electrons. The van der Waals surface area contributed by atoms with Gasteiger partial charge in [0.1, 0.15) is 0 Å². The van der Waals surface area contributed by atoms with E-state index in [1.165, 1.54) is 22.3 Å². The summed E-state index contributed by atoms with van der Waals surface area (Å²) < 4.78 is 24.5. The Labute approximate surface area is 360 Å². The summed E-state index contributed by atoms with van der Waals surface area (Å²) in [7, 11) is 0. The van der Waals surface area contributed by atoms with Crippen LogP contribution in [0.3, 0.4) is 0 Å². The topological polar surface area (TPSA) is 105 Å². The monoisotopic (exact) mass is 826 g/mol. The van der Waals surface area contributed by atoms with Gasteiger partial charge in [0.05, 0.1) is 48.1 Å². The largest absolute Gasteiger partial charge is 0.392 e. The summed E-state index contributed by atoms with van der Waals surface area (Å²) in [5.41, 5.74) is 2.16. The molecule has 20 aliphatic carbocycles. The molecule has 8 heteroatoms. The normalized spacial score (nSPS) is 63.0. The van der Waals surface area contributed by atoms with Gasteiger partial charge < -0.3 is 18.9 Å². The van der Waals surface area contributed by atoms with Crippen LogP contribution in [0.25, 0.3) is 0 Å². The molecular weight excluding hydrogens is 777 g/mol. The predicted molar refractivity (Wildman–Crippen MR) is 218 cm³/mol. The number of carbonyl (C=O) groups excluding carboxylic acids is 4. The van der Waals surface area contributed by atoms with Crippen LogP contribution in [0.2, 0.25) is 0 Å². The third-order valence-corrected chi connectivity index (χ3v) is 24.0. The molecule has 8 nitrogen and oxygen atoms in total. The number of carbonyl (C=O) groups is 4. The van der Waals surface area contributed by atoms with Gasteiger partial charge in [-0.25, -0.2) is 0 Å². The van der Waals surface area contributed by atoms with Gasteiger partial charge in [-0.05, 0) is 132 Å². The number of hydrogen-bond donors (Lipinski definition) is 0. The number of rotatable bonds is 0. The maximum absolute atomic E-state index is 14.8. The molecule has 4 saturated carbocycles. The first kappa shape index (κ1) is 33.6. The predicted octanol–water partition coefficient (Wildman–Crippen LogP) is 6.40. The van der Waals surface area contributed by atoms with Gasteiger partial charge in [0.25, 0.3) is 0 Å². The van der Waals surface area contributed by atoms with Crippen LogP contribution in [0.15, 0.2) is 95.2 Å². The van der Waals surface area contributed by atoms with Crippen LogP contribution in [0.4, 0.5) is 0 Å². The maximum Gasteiger partial charge on any atom is 0.321 e. The minimum atomic E-state index is -0.878. The van der Waals surface area contributed by atoms with Gasteiger partial charge in [0.15, 0.2) is 0 Å². The number of hydrogen-bond acceptors (Lipinski definition) is 8. The van der Waals surface area contributed by atoms with Crippen LogP contribution in [0, 0.1) is 152 Å². The number of ether oxygens (including phenoxy) is 4. The summed E-state index contributed by atoms with van der Waals surface area (Å²) in [4.78, 5) is 59.4. The second-order valence-electron chi connectivity index (χ2n) is 24.1. The van der Waals surface area contributed by atoms with Gasteiger partial charge in [0.2, 0.25) is 0 Å². The van der Waals surface area contributed by atoms with Crippen LogP contribution in [-0.2, 0) is 38.1 Å². The van der Waals surface area contributed by atoms with Crippen molar-refractivity contribution in [3.8, 4) is 0 Å². The summed E-state index contributed by atoms with van der Waals surface area (Å²) in [5.74, 6) is 4.72. The highest BCUT2D eigenvalue weighted by Crippen LogP contribution is 2.83. The fourth-order valence-electron chi connectivity index (χ4n) is 22.6. The van der Waals surface area contributed by atoms with Crippen molar-refractivity contribution in [1.29, 1.82) is 0 Å². The van der Waals surface area contributed by atoms with Crippen molar-refractivity contribution >= 4 is 23.9 Å². The minimum absolute atomic E-state index is 0.0344. The highest BCUT2D eigenvalue weighted by molar-refractivity contribution is 6.05. The second kappa shape index (κ2) is 10.0. The summed E-state index contributed by atoms with van der Waals surface area (Å²) in [6.45, 7) is 3.18. The summed E-state index contributed by atoms with van der Waals surface area (Å²) in [5, 5.41) is 0. The van der Waals surface area contributed by atoms with Gasteiger partial charge in [-0.2, -0.15) is 0 Å². The van der Waals surface area contributed by atoms with E-state index in [2.05, 4.69) is 72.9 Å². The minimum Gasteiger partial charge on any atom is -0.392 e. The molecule has 26 atom stereocenters. The van der Waals surface area contributed by atoms with Crippen molar-refractivity contribution in [3.63, 3.8) is 0 Å². The standard InChI is InChI=1S/C54H50O8/c55-47-51-13-29-21-1-2-22(30(29)14-52(51,48(56)61-47)38-10-9-37(51)43-25-5-6-26(44(38)43)34-18-59-17-33(25)34)42-24-4-3-23(41(21)42)31-15-53-39-11-12-40(54(53,16-32(24)31)50(58)62-49(53)57)46-28-8-7-27(45(39)46)35-19-60-20-36(28)35/h1-12,21-28,33-46H,13-20H2/t21-,22+,23+,24-,25+,26-,27-,28+,33?,34?,35?,36?,37+,38-,39-,40+,41?,42?,43?,44?,45?,46?,51+,52-,53-,54+. The summed E-state index contributed by atoms with van der Waals surface area (Å²) in [6.07, 6.45) is 31.7. The smallest absolute Gasteiger partial charge is 0.321 e. The fourth-order valence-corrected chi connectivity index (χ4v) is 22.6. The number of esters is 4. The second-order valence-corrected chi connectivity index (χ2v) is 24.1. The molecule has 0 aromatic rings. The average molecular weight is 827 g/mol. The van der Waals surface area contributed by atoms with Crippen molar-refractivity contribution in [2.45, 2.75) is 25.7 Å². The third kappa shape index (κ3) is 2.96. The lowest BCUT2D eigenvalue weighted by molar-refractivity contribution is -0.193. The molecule has 0 aromatic heterocycles. The third-order valence-electron chi connectivity index (χ3n) is 24.0. The molecule has 24 aliphatic rings. The van der Waals surface area contributed by atoms with Gasteiger partial charge in [-0.3, -0.25) is 19.2 Å². The zero-order valence-electron chi connectivity index (χ0n) is 34.6. The van der Waals surface area contributed by atoms with Gasteiger partial charge >= 0.3 is 23.9 Å². The molecule has 0 N–H and O–H groups in total. The molecule has 0 spiro atoms. The lowest BCUT2D eigenvalue weighted by atomic mass is 9.29. The van der Waals surface area contributed by atoms with E-state index in [0.29, 0.717) is 109 Å². The van der Waals surface area contributed by atoms with E-state index < -0.39 is 21.7 Å². The Bertz CT molecular complexity index is 2300. The Morgan fingerprint density at radius 1 is 0.339 bits per heavy atom. The highest BCUT2D eigenvalue weighted by Gasteiger charge is 2.85. The maximum atomic E-state index is 14.8. The first-order valence-corrected chi connectivity index (χ1v) is 24.6.